The Kier molecular flexibility index (Phi) is 10.0. The van der Waals surface area contributed by atoms with Gasteiger partial charge in [0.05, 0.1) is 5.56 Å². The molecule has 2 aromatic rings. The maximum atomic E-state index is 11.2. The first-order chi connectivity index (χ1) is 13.0. The molecule has 146 valence electrons. The van der Waals surface area contributed by atoms with E-state index < -0.39 is 0 Å². The van der Waals surface area contributed by atoms with Gasteiger partial charge in [-0.1, -0.05) is 12.1 Å². The van der Waals surface area contributed by atoms with Crippen LogP contribution in [-0.4, -0.2) is 42.0 Å². The minimum atomic E-state index is -0.240. The summed E-state index contributed by atoms with van der Waals surface area (Å²) in [6, 6.07) is 12.1. The van der Waals surface area contributed by atoms with Gasteiger partial charge >= 0.3 is 98.6 Å². The molecule has 6 nitrogen and oxygen atoms in total. The standard InChI is InChI=1S/C11H15N2O.C9H11NO2.Mn/c1-3-13(4-2)10-6-5-9(8-12)11(14)7-10;1-2-10-9(12)7-5-3-4-6-8(7)11;/h5-8,14H,3-4H2,1-2H3;3-6,11H,2H2,1H3,(H,10,12);/q-1;;+1. The minimum absolute atomic E-state index is 0.0171. The third-order valence-electron chi connectivity index (χ3n) is 3.82. The summed E-state index contributed by atoms with van der Waals surface area (Å²) in [5.41, 5.74) is 2.06. The number of phenols is 2. The van der Waals surface area contributed by atoms with Gasteiger partial charge in [0.15, 0.2) is 0 Å². The fraction of sp³-hybridized carbons (Fsp3) is 0.300. The van der Waals surface area contributed by atoms with Crippen molar-refractivity contribution in [1.82, 2.24) is 5.32 Å². The van der Waals surface area contributed by atoms with Gasteiger partial charge in [-0.15, -0.1) is 0 Å². The number of benzene rings is 2. The van der Waals surface area contributed by atoms with Crippen molar-refractivity contribution in [2.24, 2.45) is 4.01 Å². The molecule has 7 heteroatoms. The Labute approximate surface area is 169 Å². The summed E-state index contributed by atoms with van der Waals surface area (Å²) in [7, 11) is 0. The van der Waals surface area contributed by atoms with Crippen molar-refractivity contribution < 1.29 is 31.2 Å². The minimum Gasteiger partial charge on any atom is -0.507 e. The average Bonchev–Trinajstić information content (AvgIpc) is 2.66. The quantitative estimate of drug-likeness (QED) is 0.503. The normalized spacial score (nSPS) is 10.2. The first-order valence-corrected chi connectivity index (χ1v) is 9.29. The number of anilines is 1. The van der Waals surface area contributed by atoms with E-state index in [1.165, 1.54) is 6.07 Å². The van der Waals surface area contributed by atoms with Gasteiger partial charge in [0.1, 0.15) is 5.75 Å². The first-order valence-electron chi connectivity index (χ1n) is 8.76. The van der Waals surface area contributed by atoms with Crippen LogP contribution in [0.2, 0.25) is 0 Å². The predicted molar refractivity (Wildman–Crippen MR) is 105 cm³/mol. The second kappa shape index (κ2) is 12.0. The smallest absolute Gasteiger partial charge is 0.255 e. The number of nitrogens with zero attached hydrogens (tertiary/aromatic N) is 2. The molecule has 0 unspecified atom stereocenters. The van der Waals surface area contributed by atoms with Crippen molar-refractivity contribution >= 4 is 17.8 Å². The maximum absolute atomic E-state index is 11.2. The van der Waals surface area contributed by atoms with Crippen LogP contribution in [0.1, 0.15) is 36.7 Å². The molecule has 27 heavy (non-hydrogen) atoms. The Balaban J connectivity index is 0.000000277. The molecule has 0 aliphatic carbocycles. The molecule has 2 aromatic carbocycles. The molecule has 3 N–H and O–H groups in total. The van der Waals surface area contributed by atoms with Crippen LogP contribution in [0.4, 0.5) is 5.69 Å². The van der Waals surface area contributed by atoms with Crippen molar-refractivity contribution in [2.45, 2.75) is 20.8 Å². The Morgan fingerprint density at radius 1 is 1.11 bits per heavy atom. The van der Waals surface area contributed by atoms with E-state index in [9.17, 15) is 15.0 Å². The van der Waals surface area contributed by atoms with Crippen LogP contribution in [-0.2, 0) is 16.2 Å². The van der Waals surface area contributed by atoms with Crippen LogP contribution in [0.25, 0.3) is 0 Å². The van der Waals surface area contributed by atoms with E-state index in [1.54, 1.807) is 30.5 Å². The number of carbonyl (C=O) groups is 1. The van der Waals surface area contributed by atoms with E-state index in [0.717, 1.165) is 18.8 Å². The number of aromatic hydroxyl groups is 2. The zero-order valence-corrected chi connectivity index (χ0v) is 17.0. The van der Waals surface area contributed by atoms with Crippen LogP contribution < -0.4 is 10.2 Å². The second-order valence-corrected chi connectivity index (χ2v) is 5.82. The molecule has 0 heterocycles. The van der Waals surface area contributed by atoms with Crippen molar-refractivity contribution in [2.75, 3.05) is 24.5 Å². The molecule has 0 fully saturated rings. The molecular formula is C20H26MnN3O3. The second-order valence-electron chi connectivity index (χ2n) is 5.52. The van der Waals surface area contributed by atoms with Gasteiger partial charge < -0.3 is 10.4 Å². The van der Waals surface area contributed by atoms with E-state index in [1.807, 2.05) is 19.1 Å². The third kappa shape index (κ3) is 6.96. The number of hydrogen-bond donors (Lipinski definition) is 3. The summed E-state index contributed by atoms with van der Waals surface area (Å²) in [5.74, 6) is 0.0293. The molecular weight excluding hydrogens is 385 g/mol. The number of hydrogen-bond acceptors (Lipinski definition) is 5. The van der Waals surface area contributed by atoms with Crippen molar-refractivity contribution in [3.63, 3.8) is 0 Å². The van der Waals surface area contributed by atoms with E-state index >= 15 is 0 Å². The molecule has 0 aliphatic heterocycles. The number of nitrogens with one attached hydrogen (secondary N) is 1. The number of phenolic OH excluding ortho intramolecular Hbond substituents is 2. The molecule has 2 rings (SSSR count). The number of rotatable bonds is 6. The van der Waals surface area contributed by atoms with Gasteiger partial charge in [-0.25, -0.2) is 0 Å². The molecule has 0 radical (unpaired) electrons. The Bertz CT molecular complexity index is 762. The third-order valence-corrected chi connectivity index (χ3v) is 3.97. The fourth-order valence-corrected chi connectivity index (χ4v) is 2.56. The van der Waals surface area contributed by atoms with Gasteiger partial charge in [0, 0.05) is 6.54 Å². The Hall–Kier alpha value is -2.50. The number of carbonyl (C=O) groups excluding carboxylic acids is 1. The summed E-state index contributed by atoms with van der Waals surface area (Å²) < 4.78 is 3.70. The van der Waals surface area contributed by atoms with Crippen molar-refractivity contribution in [1.29, 1.82) is 0 Å². The fourth-order valence-electron chi connectivity index (χ4n) is 2.40. The average molecular weight is 411 g/mol. The Morgan fingerprint density at radius 2 is 1.78 bits per heavy atom. The predicted octanol–water partition coefficient (Wildman–Crippen LogP) is 3.26. The molecule has 0 spiro atoms. The summed E-state index contributed by atoms with van der Waals surface area (Å²) in [5, 5.41) is 21.6. The topological polar surface area (TPSA) is 85.2 Å². The zero-order valence-electron chi connectivity index (χ0n) is 15.8. The molecule has 0 atom stereocenters. The summed E-state index contributed by atoms with van der Waals surface area (Å²) in [6.45, 7) is 8.44. The van der Waals surface area contributed by atoms with Gasteiger partial charge in [-0.2, -0.15) is 0 Å². The molecule has 0 saturated carbocycles. The molecule has 0 aromatic heterocycles. The van der Waals surface area contributed by atoms with Gasteiger partial charge in [-0.05, 0) is 19.1 Å². The summed E-state index contributed by atoms with van der Waals surface area (Å²) in [4.78, 5) is 13.4. The molecule has 0 aliphatic rings. The zero-order chi connectivity index (χ0) is 20.2. The van der Waals surface area contributed by atoms with Gasteiger partial charge in [0.2, 0.25) is 0 Å². The van der Waals surface area contributed by atoms with E-state index in [2.05, 4.69) is 44.3 Å². The van der Waals surface area contributed by atoms with Crippen molar-refractivity contribution in [3.8, 4) is 11.5 Å². The van der Waals surface area contributed by atoms with Crippen LogP contribution in [0.5, 0.6) is 11.5 Å². The number of para-hydroxylation sites is 1. The monoisotopic (exact) mass is 411 g/mol. The van der Waals surface area contributed by atoms with Crippen LogP contribution >= 0.6 is 0 Å². The van der Waals surface area contributed by atoms with E-state index in [4.69, 9.17) is 0 Å². The van der Waals surface area contributed by atoms with E-state index in [0.29, 0.717) is 17.7 Å². The van der Waals surface area contributed by atoms with Crippen molar-refractivity contribution in [3.05, 3.63) is 53.6 Å². The number of amides is 1. The summed E-state index contributed by atoms with van der Waals surface area (Å²) >= 11 is 2.94. The summed E-state index contributed by atoms with van der Waals surface area (Å²) in [6.07, 6.45) is 1.57. The van der Waals surface area contributed by atoms with Crippen LogP contribution in [0.15, 0.2) is 46.5 Å². The first kappa shape index (κ1) is 22.5. The Morgan fingerprint density at radius 3 is 2.30 bits per heavy atom. The van der Waals surface area contributed by atoms with E-state index in [-0.39, 0.29) is 17.4 Å². The van der Waals surface area contributed by atoms with Gasteiger partial charge in [0.25, 0.3) is 5.91 Å². The molecule has 0 bridgehead atoms. The SMILES string of the molecule is CCN(CC)c1ccc(C=[N][Mn])c(O)c1.CCNC(=O)c1ccccc1O. The van der Waals surface area contributed by atoms with Crippen LogP contribution in [0, 0.1) is 0 Å². The molecule has 0 saturated heterocycles. The molecule has 1 amide bonds. The largest absolute Gasteiger partial charge is 0.507 e. The van der Waals surface area contributed by atoms with Gasteiger partial charge in [-0.3, -0.25) is 4.79 Å². The van der Waals surface area contributed by atoms with Crippen LogP contribution in [0.3, 0.4) is 0 Å². The maximum Gasteiger partial charge on any atom is 0.255 e.